The summed E-state index contributed by atoms with van der Waals surface area (Å²) in [4.78, 5) is 21.8. The van der Waals surface area contributed by atoms with E-state index in [1.807, 2.05) is 0 Å². The van der Waals surface area contributed by atoms with Gasteiger partial charge in [-0.1, -0.05) is 12.1 Å². The lowest BCUT2D eigenvalue weighted by Crippen LogP contribution is -2.47. The molecule has 1 aromatic carbocycles. The van der Waals surface area contributed by atoms with Crippen LogP contribution in [0.3, 0.4) is 0 Å². The molecule has 0 heterocycles. The molecule has 1 rings (SSSR count). The van der Waals surface area contributed by atoms with Gasteiger partial charge in [0.2, 0.25) is 0 Å². The van der Waals surface area contributed by atoms with Gasteiger partial charge in [0.1, 0.15) is 0 Å². The van der Waals surface area contributed by atoms with Crippen molar-refractivity contribution in [3.05, 3.63) is 39.9 Å². The molecule has 9 nitrogen and oxygen atoms in total. The first-order valence-corrected chi connectivity index (χ1v) is 8.84. The summed E-state index contributed by atoms with van der Waals surface area (Å²) < 4.78 is 28.2. The summed E-state index contributed by atoms with van der Waals surface area (Å²) in [6, 6.07) is 5.74. The quantitative estimate of drug-likeness (QED) is 0.418. The van der Waals surface area contributed by atoms with Crippen molar-refractivity contribution in [2.75, 3.05) is 25.3 Å². The Hall–Kier alpha value is -1.91. The second-order valence-electron chi connectivity index (χ2n) is 4.41. The molecular weight excluding hydrogens is 350 g/mol. The lowest BCUT2D eigenvalue weighted by Gasteiger charge is -2.19. The van der Waals surface area contributed by atoms with E-state index < -0.39 is 21.0 Å². The minimum absolute atomic E-state index is 0.0423. The molecule has 23 heavy (non-hydrogen) atoms. The number of hydrazine groups is 1. The number of nitro benzene ring substituents is 1. The second-order valence-corrected chi connectivity index (χ2v) is 6.62. The first kappa shape index (κ1) is 19.1. The largest absolute Gasteiger partial charge is 0.447 e. The third-order valence-corrected chi connectivity index (χ3v) is 3.74. The lowest BCUT2D eigenvalue weighted by molar-refractivity contribution is -0.384. The topological polar surface area (TPSA) is 119 Å². The zero-order valence-electron chi connectivity index (χ0n) is 12.3. The molecule has 0 bridgehead atoms. The number of sulfonamides is 1. The number of nitrogens with zero attached hydrogens (tertiary/aromatic N) is 2. The maximum atomic E-state index is 11.8. The predicted octanol–water partition coefficient (Wildman–Crippen LogP) is 1.28. The van der Waals surface area contributed by atoms with E-state index in [-0.39, 0.29) is 31.1 Å². The predicted molar refractivity (Wildman–Crippen MR) is 83.6 cm³/mol. The number of amides is 1. The maximum absolute atomic E-state index is 11.8. The average Bonchev–Trinajstić information content (AvgIpc) is 2.46. The van der Waals surface area contributed by atoms with Gasteiger partial charge in [-0.05, 0) is 5.56 Å². The van der Waals surface area contributed by atoms with Crippen molar-refractivity contribution in [2.45, 2.75) is 6.42 Å². The maximum Gasteiger partial charge on any atom is 0.438 e. The Balaban J connectivity index is 2.55. The second kappa shape index (κ2) is 8.65. The monoisotopic (exact) mass is 365 g/mol. The van der Waals surface area contributed by atoms with Crippen LogP contribution in [-0.2, 0) is 21.2 Å². The van der Waals surface area contributed by atoms with Crippen molar-refractivity contribution >= 4 is 33.4 Å². The molecule has 1 aromatic rings. The Kier molecular flexibility index (Phi) is 7.20. The normalized spacial score (nSPS) is 11.0. The molecular formula is C12H16ClN3O6S. The zero-order valence-corrected chi connectivity index (χ0v) is 13.8. The van der Waals surface area contributed by atoms with Gasteiger partial charge in [0.15, 0.2) is 0 Å². The Morgan fingerprint density at radius 3 is 2.48 bits per heavy atom. The van der Waals surface area contributed by atoms with Crippen LogP contribution < -0.4 is 5.43 Å². The third-order valence-electron chi connectivity index (χ3n) is 2.61. The van der Waals surface area contributed by atoms with Gasteiger partial charge < -0.3 is 4.74 Å². The standard InChI is InChI=1S/C12H16ClN3O6S/c1-23(20,21)15(14-8-7-13)12(17)22-9-6-10-2-4-11(5-3-10)16(18)19/h2-5,14H,6-9H2,1H3. The van der Waals surface area contributed by atoms with E-state index in [4.69, 9.17) is 16.3 Å². The fourth-order valence-corrected chi connectivity index (χ4v) is 2.29. The minimum atomic E-state index is -3.83. The van der Waals surface area contributed by atoms with E-state index in [2.05, 4.69) is 5.43 Å². The van der Waals surface area contributed by atoms with E-state index in [0.717, 1.165) is 6.26 Å². The number of benzene rings is 1. The van der Waals surface area contributed by atoms with Gasteiger partial charge >= 0.3 is 6.09 Å². The Morgan fingerprint density at radius 2 is 2.00 bits per heavy atom. The SMILES string of the molecule is CS(=O)(=O)N(NCCCl)C(=O)OCCc1ccc([N+](=O)[O-])cc1. The molecule has 128 valence electrons. The molecule has 0 aliphatic heterocycles. The summed E-state index contributed by atoms with van der Waals surface area (Å²) in [6.45, 7) is -0.00268. The highest BCUT2D eigenvalue weighted by Crippen LogP contribution is 2.12. The molecule has 11 heteroatoms. The number of carbonyl (C=O) groups is 1. The van der Waals surface area contributed by atoms with Crippen molar-refractivity contribution < 1.29 is 22.9 Å². The fourth-order valence-electron chi connectivity index (χ4n) is 1.56. The molecule has 0 unspecified atom stereocenters. The molecule has 0 radical (unpaired) electrons. The highest BCUT2D eigenvalue weighted by atomic mass is 35.5. The molecule has 0 saturated carbocycles. The molecule has 1 amide bonds. The first-order valence-electron chi connectivity index (χ1n) is 6.45. The van der Waals surface area contributed by atoms with Crippen molar-refractivity contribution in [3.63, 3.8) is 0 Å². The van der Waals surface area contributed by atoms with Crippen molar-refractivity contribution in [1.82, 2.24) is 9.84 Å². The van der Waals surface area contributed by atoms with E-state index in [1.54, 1.807) is 0 Å². The van der Waals surface area contributed by atoms with Gasteiger partial charge in [0.05, 0.1) is 17.8 Å². The third kappa shape index (κ3) is 6.38. The van der Waals surface area contributed by atoms with Crippen LogP contribution >= 0.6 is 11.6 Å². The minimum Gasteiger partial charge on any atom is -0.447 e. The first-order chi connectivity index (χ1) is 10.8. The van der Waals surface area contributed by atoms with Crippen LogP contribution in [0.2, 0.25) is 0 Å². The van der Waals surface area contributed by atoms with Gasteiger partial charge in [-0.3, -0.25) is 10.1 Å². The smallest absolute Gasteiger partial charge is 0.438 e. The van der Waals surface area contributed by atoms with Crippen LogP contribution in [0, 0.1) is 10.1 Å². The molecule has 0 aromatic heterocycles. The molecule has 0 aliphatic rings. The summed E-state index contributed by atoms with van der Waals surface area (Å²) in [5, 5.41) is 10.5. The van der Waals surface area contributed by atoms with Gasteiger partial charge in [-0.15, -0.1) is 16.0 Å². The van der Waals surface area contributed by atoms with Crippen molar-refractivity contribution in [3.8, 4) is 0 Å². The van der Waals surface area contributed by atoms with E-state index in [1.165, 1.54) is 24.3 Å². The van der Waals surface area contributed by atoms with Gasteiger partial charge in [-0.25, -0.2) is 18.6 Å². The van der Waals surface area contributed by atoms with E-state index >= 15 is 0 Å². The number of nitrogens with one attached hydrogen (secondary N) is 1. The number of hydrogen-bond acceptors (Lipinski definition) is 7. The molecule has 0 saturated heterocycles. The Bertz CT molecular complexity index is 649. The Morgan fingerprint density at radius 1 is 1.39 bits per heavy atom. The summed E-state index contributed by atoms with van der Waals surface area (Å²) in [7, 11) is -3.83. The molecule has 0 atom stereocenters. The highest BCUT2D eigenvalue weighted by molar-refractivity contribution is 7.88. The van der Waals surface area contributed by atoms with Crippen molar-refractivity contribution in [1.29, 1.82) is 0 Å². The van der Waals surface area contributed by atoms with E-state index in [9.17, 15) is 23.3 Å². The number of non-ortho nitro benzene ring substituents is 1. The molecule has 1 N–H and O–H groups in total. The number of carbonyl (C=O) groups excluding carboxylic acids is 1. The zero-order chi connectivity index (χ0) is 17.5. The molecule has 0 spiro atoms. The number of alkyl halides is 1. The lowest BCUT2D eigenvalue weighted by atomic mass is 10.1. The number of halogens is 1. The highest BCUT2D eigenvalue weighted by Gasteiger charge is 2.24. The van der Waals surface area contributed by atoms with Crippen LogP contribution in [-0.4, -0.2) is 49.1 Å². The van der Waals surface area contributed by atoms with E-state index in [0.29, 0.717) is 9.98 Å². The van der Waals surface area contributed by atoms with Gasteiger partial charge in [-0.2, -0.15) is 0 Å². The molecule has 0 aliphatic carbocycles. The summed E-state index contributed by atoms with van der Waals surface area (Å²) in [5.74, 6) is 0.113. The van der Waals surface area contributed by atoms with Crippen LogP contribution in [0.25, 0.3) is 0 Å². The summed E-state index contributed by atoms with van der Waals surface area (Å²) in [6.07, 6.45) is 0.0716. The number of ether oxygens (including phenoxy) is 1. The number of rotatable bonds is 8. The van der Waals surface area contributed by atoms with Gasteiger partial charge in [0.25, 0.3) is 15.7 Å². The van der Waals surface area contributed by atoms with Crippen LogP contribution in [0.4, 0.5) is 10.5 Å². The fraction of sp³-hybridized carbons (Fsp3) is 0.417. The van der Waals surface area contributed by atoms with Crippen LogP contribution in [0.1, 0.15) is 5.56 Å². The number of hydrogen-bond donors (Lipinski definition) is 1. The van der Waals surface area contributed by atoms with Crippen molar-refractivity contribution in [2.24, 2.45) is 0 Å². The van der Waals surface area contributed by atoms with Gasteiger partial charge in [0, 0.05) is 31.0 Å². The summed E-state index contributed by atoms with van der Waals surface area (Å²) >= 11 is 5.44. The average molecular weight is 366 g/mol. The van der Waals surface area contributed by atoms with Crippen LogP contribution in [0.15, 0.2) is 24.3 Å². The molecule has 0 fully saturated rings. The summed E-state index contributed by atoms with van der Waals surface area (Å²) in [5.41, 5.74) is 3.01. The Labute approximate surface area is 138 Å². The number of nitro groups is 1. The van der Waals surface area contributed by atoms with Crippen LogP contribution in [0.5, 0.6) is 0 Å².